The second kappa shape index (κ2) is 12.2. The van der Waals surface area contributed by atoms with Gasteiger partial charge in [0.15, 0.2) is 0 Å². The van der Waals surface area contributed by atoms with Crippen molar-refractivity contribution < 1.29 is 9.59 Å². The molecule has 0 bridgehead atoms. The lowest BCUT2D eigenvalue weighted by Crippen LogP contribution is -2.13. The molecule has 37 heavy (non-hydrogen) atoms. The highest BCUT2D eigenvalue weighted by molar-refractivity contribution is 6.05. The van der Waals surface area contributed by atoms with Crippen molar-refractivity contribution in [2.24, 2.45) is 0 Å². The van der Waals surface area contributed by atoms with E-state index < -0.39 is 0 Å². The molecular weight excluding hydrogens is 466 g/mol. The first-order valence-corrected chi connectivity index (χ1v) is 11.6. The fraction of sp³-hybridized carbons (Fsp3) is 0.107. The summed E-state index contributed by atoms with van der Waals surface area (Å²) in [7, 11) is 3.85. The SMILES string of the molecule is CN(C)C/C=C/C(=O)Nc1ccc(C(=O)Nc2cccc(Nc3cc(-c4ccncc4)ncn3)c2)cc1. The van der Waals surface area contributed by atoms with E-state index in [1.807, 2.05) is 55.4 Å². The Morgan fingerprint density at radius 1 is 0.865 bits per heavy atom. The molecular formula is C28H27N7O2. The van der Waals surface area contributed by atoms with Gasteiger partial charge in [0, 0.05) is 59.3 Å². The number of nitrogens with zero attached hydrogens (tertiary/aromatic N) is 4. The van der Waals surface area contributed by atoms with Crippen molar-refractivity contribution in [1.29, 1.82) is 0 Å². The number of rotatable bonds is 9. The number of pyridine rings is 1. The average molecular weight is 494 g/mol. The first-order chi connectivity index (χ1) is 18.0. The molecule has 0 unspecified atom stereocenters. The highest BCUT2D eigenvalue weighted by Gasteiger charge is 2.08. The predicted molar refractivity (Wildman–Crippen MR) is 146 cm³/mol. The highest BCUT2D eigenvalue weighted by Crippen LogP contribution is 2.23. The molecule has 9 nitrogen and oxygen atoms in total. The molecule has 0 atom stereocenters. The third-order valence-electron chi connectivity index (χ3n) is 5.19. The van der Waals surface area contributed by atoms with Crippen LogP contribution in [0.4, 0.5) is 22.9 Å². The van der Waals surface area contributed by atoms with Crippen LogP contribution in [0, 0.1) is 0 Å². The van der Waals surface area contributed by atoms with E-state index in [9.17, 15) is 9.59 Å². The number of carbonyl (C=O) groups is 2. The summed E-state index contributed by atoms with van der Waals surface area (Å²) in [5.41, 5.74) is 4.18. The Kier molecular flexibility index (Phi) is 8.30. The average Bonchev–Trinajstić information content (AvgIpc) is 2.90. The molecule has 0 spiro atoms. The minimum absolute atomic E-state index is 0.222. The minimum atomic E-state index is -0.261. The number of carbonyl (C=O) groups excluding carboxylic acids is 2. The van der Waals surface area contributed by atoms with E-state index in [1.54, 1.807) is 48.8 Å². The molecule has 0 radical (unpaired) electrons. The van der Waals surface area contributed by atoms with Crippen molar-refractivity contribution in [3.63, 3.8) is 0 Å². The molecule has 9 heteroatoms. The van der Waals surface area contributed by atoms with Gasteiger partial charge in [0.05, 0.1) is 5.69 Å². The van der Waals surface area contributed by atoms with Crippen LogP contribution in [0.25, 0.3) is 11.3 Å². The summed E-state index contributed by atoms with van der Waals surface area (Å²) in [6.45, 7) is 0.676. The Hall–Kier alpha value is -4.89. The fourth-order valence-electron chi connectivity index (χ4n) is 3.39. The fourth-order valence-corrected chi connectivity index (χ4v) is 3.39. The van der Waals surface area contributed by atoms with Crippen molar-refractivity contribution >= 4 is 34.7 Å². The molecule has 0 fully saturated rings. The van der Waals surface area contributed by atoms with Gasteiger partial charge in [-0.25, -0.2) is 9.97 Å². The maximum absolute atomic E-state index is 12.8. The van der Waals surface area contributed by atoms with Gasteiger partial charge in [-0.05, 0) is 68.7 Å². The quantitative estimate of drug-likeness (QED) is 0.292. The Morgan fingerprint density at radius 3 is 2.38 bits per heavy atom. The molecule has 0 aliphatic rings. The van der Waals surface area contributed by atoms with Gasteiger partial charge in [-0.15, -0.1) is 0 Å². The molecule has 0 saturated carbocycles. The summed E-state index contributed by atoms with van der Waals surface area (Å²) < 4.78 is 0. The normalized spacial score (nSPS) is 10.9. The van der Waals surface area contributed by atoms with Crippen LogP contribution in [0.1, 0.15) is 10.4 Å². The van der Waals surface area contributed by atoms with Crippen molar-refractivity contribution in [3.05, 3.63) is 103 Å². The zero-order valence-corrected chi connectivity index (χ0v) is 20.6. The van der Waals surface area contributed by atoms with Gasteiger partial charge in [-0.3, -0.25) is 14.6 Å². The first kappa shape index (κ1) is 25.2. The molecule has 4 rings (SSSR count). The molecule has 2 amide bonds. The van der Waals surface area contributed by atoms with Crippen molar-refractivity contribution in [2.75, 3.05) is 36.6 Å². The van der Waals surface area contributed by atoms with Crippen molar-refractivity contribution in [1.82, 2.24) is 19.9 Å². The lowest BCUT2D eigenvalue weighted by atomic mass is 10.2. The van der Waals surface area contributed by atoms with Gasteiger partial charge in [0.2, 0.25) is 5.91 Å². The van der Waals surface area contributed by atoms with E-state index >= 15 is 0 Å². The van der Waals surface area contributed by atoms with Gasteiger partial charge in [0.1, 0.15) is 12.1 Å². The number of aromatic nitrogens is 3. The summed E-state index contributed by atoms with van der Waals surface area (Å²) >= 11 is 0. The van der Waals surface area contributed by atoms with Gasteiger partial charge >= 0.3 is 0 Å². The smallest absolute Gasteiger partial charge is 0.255 e. The molecule has 0 saturated heterocycles. The molecule has 3 N–H and O–H groups in total. The second-order valence-electron chi connectivity index (χ2n) is 8.42. The number of benzene rings is 2. The first-order valence-electron chi connectivity index (χ1n) is 11.6. The molecule has 186 valence electrons. The Morgan fingerprint density at radius 2 is 1.62 bits per heavy atom. The van der Waals surface area contributed by atoms with Gasteiger partial charge in [-0.1, -0.05) is 12.1 Å². The number of likely N-dealkylation sites (N-methyl/N-ethyl adjacent to an activating group) is 1. The summed E-state index contributed by atoms with van der Waals surface area (Å²) in [6, 6.07) is 19.7. The zero-order chi connectivity index (χ0) is 26.0. The van der Waals surface area contributed by atoms with Crippen LogP contribution in [0.2, 0.25) is 0 Å². The summed E-state index contributed by atoms with van der Waals surface area (Å²) in [6.07, 6.45) is 8.19. The number of hydrogen-bond donors (Lipinski definition) is 3. The van der Waals surface area contributed by atoms with E-state index in [0.29, 0.717) is 29.3 Å². The molecule has 4 aromatic rings. The third-order valence-corrected chi connectivity index (χ3v) is 5.19. The minimum Gasteiger partial charge on any atom is -0.340 e. The molecule has 2 aromatic carbocycles. The van der Waals surface area contributed by atoms with E-state index in [2.05, 4.69) is 30.9 Å². The number of anilines is 4. The van der Waals surface area contributed by atoms with Crippen LogP contribution < -0.4 is 16.0 Å². The zero-order valence-electron chi connectivity index (χ0n) is 20.6. The number of amides is 2. The van der Waals surface area contributed by atoms with Gasteiger partial charge < -0.3 is 20.9 Å². The number of hydrogen-bond acceptors (Lipinski definition) is 7. The largest absolute Gasteiger partial charge is 0.340 e. The van der Waals surface area contributed by atoms with Crippen LogP contribution in [0.15, 0.2) is 97.6 Å². The van der Waals surface area contributed by atoms with Crippen LogP contribution in [-0.4, -0.2) is 52.3 Å². The topological polar surface area (TPSA) is 112 Å². The van der Waals surface area contributed by atoms with E-state index in [-0.39, 0.29) is 11.8 Å². The molecule has 0 aliphatic heterocycles. The highest BCUT2D eigenvalue weighted by atomic mass is 16.2. The van der Waals surface area contributed by atoms with Crippen LogP contribution >= 0.6 is 0 Å². The van der Waals surface area contributed by atoms with Crippen molar-refractivity contribution in [3.8, 4) is 11.3 Å². The summed E-state index contributed by atoms with van der Waals surface area (Å²) in [5, 5.41) is 8.92. The van der Waals surface area contributed by atoms with E-state index in [4.69, 9.17) is 0 Å². The van der Waals surface area contributed by atoms with E-state index in [1.165, 1.54) is 12.4 Å². The van der Waals surface area contributed by atoms with Crippen LogP contribution in [-0.2, 0) is 4.79 Å². The molecule has 2 heterocycles. The van der Waals surface area contributed by atoms with Crippen LogP contribution in [0.3, 0.4) is 0 Å². The van der Waals surface area contributed by atoms with Gasteiger partial charge in [0.25, 0.3) is 5.91 Å². The predicted octanol–water partition coefficient (Wildman–Crippen LogP) is 4.59. The summed E-state index contributed by atoms with van der Waals surface area (Å²) in [5.74, 6) is 0.141. The third kappa shape index (κ3) is 7.55. The second-order valence-corrected chi connectivity index (χ2v) is 8.42. The lowest BCUT2D eigenvalue weighted by molar-refractivity contribution is -0.111. The maximum Gasteiger partial charge on any atom is 0.255 e. The van der Waals surface area contributed by atoms with Crippen LogP contribution in [0.5, 0.6) is 0 Å². The van der Waals surface area contributed by atoms with Crippen molar-refractivity contribution in [2.45, 2.75) is 0 Å². The molecule has 0 aliphatic carbocycles. The Labute approximate surface area is 215 Å². The lowest BCUT2D eigenvalue weighted by Gasteiger charge is -2.10. The van der Waals surface area contributed by atoms with E-state index in [0.717, 1.165) is 16.9 Å². The standard InChI is InChI=1S/C28H27N7O2/c1-35(2)16-4-7-27(36)33-22-10-8-21(9-11-22)28(37)34-24-6-3-5-23(17-24)32-26-18-25(30-19-31-26)20-12-14-29-15-13-20/h3-15,17-19H,16H2,1-2H3,(H,33,36)(H,34,37)(H,30,31,32)/b7-4+. The Bertz CT molecular complexity index is 1390. The molecule has 2 aromatic heterocycles. The van der Waals surface area contributed by atoms with Gasteiger partial charge in [-0.2, -0.15) is 0 Å². The Balaban J connectivity index is 1.36. The maximum atomic E-state index is 12.8. The summed E-state index contributed by atoms with van der Waals surface area (Å²) in [4.78, 5) is 39.4. The number of nitrogens with one attached hydrogen (secondary N) is 3. The monoisotopic (exact) mass is 493 g/mol.